The molecule has 29 heavy (non-hydrogen) atoms. The number of hydrogen-bond donors (Lipinski definition) is 5. The number of nitrogens with one attached hydrogen (secondary N) is 3. The van der Waals surface area contributed by atoms with Crippen LogP contribution in [0.25, 0.3) is 11.0 Å². The van der Waals surface area contributed by atoms with Crippen LogP contribution < -0.4 is 27.4 Å². The van der Waals surface area contributed by atoms with Crippen LogP contribution in [0, 0.1) is 0 Å². The molecule has 7 N–H and O–H groups in total. The lowest BCUT2D eigenvalue weighted by molar-refractivity contribution is -0.114. The van der Waals surface area contributed by atoms with Crippen molar-refractivity contribution in [3.63, 3.8) is 0 Å². The van der Waals surface area contributed by atoms with Crippen LogP contribution in [0.2, 0.25) is 0 Å². The van der Waals surface area contributed by atoms with E-state index < -0.39 is 11.8 Å². The molecule has 1 saturated carbocycles. The predicted octanol–water partition coefficient (Wildman–Crippen LogP) is 1.38. The summed E-state index contributed by atoms with van der Waals surface area (Å²) in [5.41, 5.74) is 13.7. The molecule has 1 amide bonds. The van der Waals surface area contributed by atoms with E-state index in [-0.39, 0.29) is 23.5 Å². The lowest BCUT2D eigenvalue weighted by Gasteiger charge is -2.38. The van der Waals surface area contributed by atoms with Gasteiger partial charge in [-0.25, -0.2) is 0 Å². The van der Waals surface area contributed by atoms with Gasteiger partial charge in [-0.05, 0) is 43.2 Å². The van der Waals surface area contributed by atoms with Gasteiger partial charge < -0.3 is 22.1 Å². The summed E-state index contributed by atoms with van der Waals surface area (Å²) >= 11 is 0. The van der Waals surface area contributed by atoms with E-state index in [2.05, 4.69) is 25.9 Å². The standard InChI is InChI=1S/C20H24FN7O/c21-20(27-15-5-2-1-4-14(15)22)8-7-13(18(23)29)19(28-20)26-12-10-17-16(25-11-12)6-3-9-24-17/h3,6-11,14-15,26-28H,1-2,4-5,22H2,(H2,23,29). The fourth-order valence-electron chi connectivity index (χ4n) is 3.73. The minimum absolute atomic E-state index is 0.125. The molecule has 152 valence electrons. The highest BCUT2D eigenvalue weighted by atomic mass is 19.1. The molecular weight excluding hydrogens is 373 g/mol. The molecule has 2 aromatic heterocycles. The van der Waals surface area contributed by atoms with E-state index in [0.29, 0.717) is 11.2 Å². The van der Waals surface area contributed by atoms with Crippen molar-refractivity contribution in [1.29, 1.82) is 0 Å². The minimum atomic E-state index is -2.07. The van der Waals surface area contributed by atoms with Gasteiger partial charge in [-0.2, -0.15) is 4.39 Å². The number of fused-ring (bicyclic) bond motifs is 1. The molecule has 1 aliphatic heterocycles. The highest BCUT2D eigenvalue weighted by molar-refractivity contribution is 5.96. The molecule has 8 nitrogen and oxygen atoms in total. The Kier molecular flexibility index (Phi) is 5.16. The summed E-state index contributed by atoms with van der Waals surface area (Å²) in [6, 6.07) is 5.10. The van der Waals surface area contributed by atoms with Crippen molar-refractivity contribution >= 4 is 22.6 Å². The van der Waals surface area contributed by atoms with E-state index >= 15 is 4.39 Å². The monoisotopic (exact) mass is 397 g/mol. The van der Waals surface area contributed by atoms with Crippen LogP contribution in [0.15, 0.2) is 54.1 Å². The largest absolute Gasteiger partial charge is 0.365 e. The van der Waals surface area contributed by atoms with Gasteiger partial charge in [0.15, 0.2) is 0 Å². The number of amides is 1. The quantitative estimate of drug-likeness (QED) is 0.482. The molecule has 2 aliphatic rings. The first-order valence-corrected chi connectivity index (χ1v) is 9.65. The number of carbonyl (C=O) groups excluding carboxylic acids is 1. The third-order valence-electron chi connectivity index (χ3n) is 5.26. The van der Waals surface area contributed by atoms with Gasteiger partial charge in [0.1, 0.15) is 5.82 Å². The van der Waals surface area contributed by atoms with Crippen molar-refractivity contribution in [2.24, 2.45) is 11.5 Å². The maximum Gasteiger partial charge on any atom is 0.256 e. The Balaban J connectivity index is 1.58. The van der Waals surface area contributed by atoms with Gasteiger partial charge in [0.25, 0.3) is 11.8 Å². The van der Waals surface area contributed by atoms with Gasteiger partial charge in [0.05, 0.1) is 28.5 Å². The molecule has 9 heteroatoms. The smallest absolute Gasteiger partial charge is 0.256 e. The maximum absolute atomic E-state index is 15.6. The number of primary amides is 1. The number of anilines is 1. The van der Waals surface area contributed by atoms with Gasteiger partial charge in [0.2, 0.25) is 0 Å². The fourth-order valence-corrected chi connectivity index (χ4v) is 3.73. The summed E-state index contributed by atoms with van der Waals surface area (Å²) in [5, 5.41) is 8.68. The number of carbonyl (C=O) groups is 1. The zero-order chi connectivity index (χ0) is 20.4. The predicted molar refractivity (Wildman–Crippen MR) is 109 cm³/mol. The first-order valence-electron chi connectivity index (χ1n) is 9.65. The van der Waals surface area contributed by atoms with Crippen LogP contribution in [0.3, 0.4) is 0 Å². The van der Waals surface area contributed by atoms with Crippen LogP contribution in [0.5, 0.6) is 0 Å². The van der Waals surface area contributed by atoms with Crippen LogP contribution in [0.4, 0.5) is 10.1 Å². The van der Waals surface area contributed by atoms with Gasteiger partial charge in [-0.15, -0.1) is 0 Å². The summed E-state index contributed by atoms with van der Waals surface area (Å²) in [6.07, 6.45) is 9.54. The summed E-state index contributed by atoms with van der Waals surface area (Å²) < 4.78 is 15.6. The number of aromatic nitrogens is 2. The Morgan fingerprint density at radius 1 is 1.28 bits per heavy atom. The number of hydrogen-bond acceptors (Lipinski definition) is 7. The summed E-state index contributed by atoms with van der Waals surface area (Å²) in [5.74, 6) is -2.60. The fraction of sp³-hybridized carbons (Fsp3) is 0.350. The molecule has 2 aromatic rings. The Labute approximate surface area is 167 Å². The van der Waals surface area contributed by atoms with E-state index in [1.54, 1.807) is 24.5 Å². The first-order chi connectivity index (χ1) is 13.9. The normalized spacial score (nSPS) is 27.0. The number of nitrogens with zero attached hydrogens (tertiary/aromatic N) is 2. The van der Waals surface area contributed by atoms with Crippen molar-refractivity contribution in [3.05, 3.63) is 54.1 Å². The van der Waals surface area contributed by atoms with Gasteiger partial charge in [-0.3, -0.25) is 20.1 Å². The van der Waals surface area contributed by atoms with Crippen molar-refractivity contribution < 1.29 is 9.18 Å². The van der Waals surface area contributed by atoms with Gasteiger partial charge in [-0.1, -0.05) is 12.8 Å². The number of alkyl halides is 1. The average molecular weight is 397 g/mol. The van der Waals surface area contributed by atoms with E-state index in [9.17, 15) is 4.79 Å². The van der Waals surface area contributed by atoms with Crippen LogP contribution in [-0.2, 0) is 4.79 Å². The van der Waals surface area contributed by atoms with E-state index in [0.717, 1.165) is 31.2 Å². The molecule has 1 aliphatic carbocycles. The molecule has 3 unspecified atom stereocenters. The third kappa shape index (κ3) is 4.20. The molecular formula is C20H24FN7O. The zero-order valence-corrected chi connectivity index (χ0v) is 15.9. The maximum atomic E-state index is 15.6. The van der Waals surface area contributed by atoms with Gasteiger partial charge >= 0.3 is 0 Å². The summed E-state index contributed by atoms with van der Waals surface area (Å²) in [7, 11) is 0. The molecule has 3 heterocycles. The number of pyridine rings is 2. The number of dihydropyridines is 1. The van der Waals surface area contributed by atoms with Crippen LogP contribution in [-0.4, -0.2) is 33.9 Å². The molecule has 0 spiro atoms. The first kappa shape index (κ1) is 19.3. The van der Waals surface area contributed by atoms with Gasteiger partial charge in [0, 0.05) is 18.3 Å². The van der Waals surface area contributed by atoms with Crippen molar-refractivity contribution in [2.75, 3.05) is 5.32 Å². The zero-order valence-electron chi connectivity index (χ0n) is 15.9. The lowest BCUT2D eigenvalue weighted by atomic mass is 9.90. The summed E-state index contributed by atoms with van der Waals surface area (Å²) in [6.45, 7) is 0. The van der Waals surface area contributed by atoms with Crippen molar-refractivity contribution in [2.45, 2.75) is 43.7 Å². The summed E-state index contributed by atoms with van der Waals surface area (Å²) in [4.78, 5) is 20.4. The minimum Gasteiger partial charge on any atom is -0.365 e. The van der Waals surface area contributed by atoms with Crippen molar-refractivity contribution in [3.8, 4) is 0 Å². The van der Waals surface area contributed by atoms with Crippen LogP contribution in [0.1, 0.15) is 25.7 Å². The molecule has 0 bridgehead atoms. The number of halogens is 1. The van der Waals surface area contributed by atoms with E-state index in [4.69, 9.17) is 11.5 Å². The van der Waals surface area contributed by atoms with E-state index in [1.807, 2.05) is 6.07 Å². The highest BCUT2D eigenvalue weighted by Gasteiger charge is 2.36. The second-order valence-corrected chi connectivity index (χ2v) is 7.41. The Morgan fingerprint density at radius 3 is 2.90 bits per heavy atom. The average Bonchev–Trinajstić information content (AvgIpc) is 2.69. The molecule has 4 rings (SSSR count). The van der Waals surface area contributed by atoms with Crippen molar-refractivity contribution in [1.82, 2.24) is 20.6 Å². The highest BCUT2D eigenvalue weighted by Crippen LogP contribution is 2.25. The molecule has 0 radical (unpaired) electrons. The number of nitrogens with two attached hydrogens (primary N) is 2. The molecule has 0 saturated heterocycles. The molecule has 0 aromatic carbocycles. The SMILES string of the molecule is NC(=O)C1=C(Nc2cnc3cccnc3c2)NC(F)(NC2CCCCC2N)C=C1. The Morgan fingerprint density at radius 2 is 2.10 bits per heavy atom. The second kappa shape index (κ2) is 7.76. The lowest BCUT2D eigenvalue weighted by Crippen LogP contribution is -2.61. The Hall–Kier alpha value is -3.04. The van der Waals surface area contributed by atoms with E-state index in [1.165, 1.54) is 12.2 Å². The number of rotatable bonds is 5. The Bertz CT molecular complexity index is 992. The molecule has 3 atom stereocenters. The third-order valence-corrected chi connectivity index (χ3v) is 5.26. The molecule has 1 fully saturated rings. The topological polar surface area (TPSA) is 131 Å². The van der Waals surface area contributed by atoms with Crippen LogP contribution >= 0.6 is 0 Å². The second-order valence-electron chi connectivity index (χ2n) is 7.41.